The van der Waals surface area contributed by atoms with Gasteiger partial charge >= 0.3 is 0 Å². The van der Waals surface area contributed by atoms with Crippen molar-refractivity contribution in [1.29, 1.82) is 0 Å². The van der Waals surface area contributed by atoms with Crippen molar-refractivity contribution in [2.24, 2.45) is 0 Å². The van der Waals surface area contributed by atoms with E-state index in [4.69, 9.17) is 9.47 Å². The zero-order chi connectivity index (χ0) is 16.2. The van der Waals surface area contributed by atoms with Crippen LogP contribution >= 0.6 is 0 Å². The molecule has 1 spiro atoms. The number of hydrogen-bond acceptors (Lipinski definition) is 6. The second kappa shape index (κ2) is 6.96. The lowest BCUT2D eigenvalue weighted by Crippen LogP contribution is -2.49. The van der Waals surface area contributed by atoms with Gasteiger partial charge in [0.25, 0.3) is 0 Å². The SMILES string of the molecule is c1cc(-c2n[nH]c(CN[C@H]3CCOC4(CCOCC4)C3)n2)ccn1. The van der Waals surface area contributed by atoms with E-state index in [1.54, 1.807) is 12.4 Å². The zero-order valence-electron chi connectivity index (χ0n) is 13.7. The van der Waals surface area contributed by atoms with Crippen LogP contribution in [0.2, 0.25) is 0 Å². The highest BCUT2D eigenvalue weighted by Gasteiger charge is 2.38. The Morgan fingerprint density at radius 3 is 2.88 bits per heavy atom. The van der Waals surface area contributed by atoms with Crippen molar-refractivity contribution in [2.75, 3.05) is 19.8 Å². The Labute approximate surface area is 141 Å². The topological polar surface area (TPSA) is 85.0 Å². The van der Waals surface area contributed by atoms with Crippen LogP contribution in [0.25, 0.3) is 11.4 Å². The summed E-state index contributed by atoms with van der Waals surface area (Å²) in [5.74, 6) is 1.57. The highest BCUT2D eigenvalue weighted by Crippen LogP contribution is 2.34. The number of H-pyrrole nitrogens is 1. The maximum Gasteiger partial charge on any atom is 0.181 e. The normalized spacial score (nSPS) is 23.4. The van der Waals surface area contributed by atoms with Gasteiger partial charge in [-0.1, -0.05) is 0 Å². The molecule has 0 bridgehead atoms. The lowest BCUT2D eigenvalue weighted by atomic mass is 9.84. The van der Waals surface area contributed by atoms with Crippen LogP contribution in [-0.2, 0) is 16.0 Å². The van der Waals surface area contributed by atoms with Gasteiger partial charge in [-0.3, -0.25) is 10.1 Å². The minimum absolute atomic E-state index is 0.0117. The third-order valence-electron chi connectivity index (χ3n) is 4.93. The molecule has 0 radical (unpaired) electrons. The Kier molecular flexibility index (Phi) is 4.55. The largest absolute Gasteiger partial charge is 0.381 e. The lowest BCUT2D eigenvalue weighted by molar-refractivity contribution is -0.140. The molecule has 0 aliphatic carbocycles. The molecular formula is C17H23N5O2. The fraction of sp³-hybridized carbons (Fsp3) is 0.588. The van der Waals surface area contributed by atoms with Crippen molar-refractivity contribution in [3.05, 3.63) is 30.4 Å². The smallest absolute Gasteiger partial charge is 0.181 e. The van der Waals surface area contributed by atoms with E-state index in [9.17, 15) is 0 Å². The van der Waals surface area contributed by atoms with Crippen LogP contribution < -0.4 is 5.32 Å². The summed E-state index contributed by atoms with van der Waals surface area (Å²) >= 11 is 0. The van der Waals surface area contributed by atoms with E-state index in [0.717, 1.165) is 56.9 Å². The fourth-order valence-corrected chi connectivity index (χ4v) is 3.54. The van der Waals surface area contributed by atoms with E-state index in [2.05, 4.69) is 25.5 Å². The Morgan fingerprint density at radius 1 is 1.21 bits per heavy atom. The van der Waals surface area contributed by atoms with Crippen LogP contribution in [0.4, 0.5) is 0 Å². The molecule has 2 aliphatic rings. The number of nitrogens with one attached hydrogen (secondary N) is 2. The third-order valence-corrected chi connectivity index (χ3v) is 4.93. The Bertz CT molecular complexity index is 649. The summed E-state index contributed by atoms with van der Waals surface area (Å²) in [5, 5.41) is 10.9. The second-order valence-electron chi connectivity index (χ2n) is 6.56. The van der Waals surface area contributed by atoms with Crippen molar-refractivity contribution >= 4 is 0 Å². The zero-order valence-corrected chi connectivity index (χ0v) is 13.7. The van der Waals surface area contributed by atoms with Crippen molar-refractivity contribution in [2.45, 2.75) is 43.9 Å². The fourth-order valence-electron chi connectivity index (χ4n) is 3.54. The molecule has 2 aliphatic heterocycles. The quantitative estimate of drug-likeness (QED) is 0.888. The second-order valence-corrected chi connectivity index (χ2v) is 6.56. The maximum atomic E-state index is 6.09. The summed E-state index contributed by atoms with van der Waals surface area (Å²) in [5.41, 5.74) is 0.984. The standard InChI is InChI=1S/C17H23N5O2/c1-6-18-7-2-13(1)16-20-15(21-22-16)12-19-14-3-8-24-17(11-14)4-9-23-10-5-17/h1-2,6-7,14,19H,3-5,8-12H2,(H,20,21,22)/t14-/m0/s1. The first-order chi connectivity index (χ1) is 11.8. The molecule has 4 rings (SSSR count). The number of aromatic nitrogens is 4. The van der Waals surface area contributed by atoms with Gasteiger partial charge in [-0.05, 0) is 37.8 Å². The summed E-state index contributed by atoms with van der Waals surface area (Å²) in [6.45, 7) is 3.12. The van der Waals surface area contributed by atoms with Gasteiger partial charge in [0, 0.05) is 43.8 Å². The van der Waals surface area contributed by atoms with Gasteiger partial charge in [-0.2, -0.15) is 5.10 Å². The van der Waals surface area contributed by atoms with Gasteiger partial charge in [0.05, 0.1) is 12.1 Å². The molecule has 2 aromatic rings. The summed E-state index contributed by atoms with van der Waals surface area (Å²) in [7, 11) is 0. The molecule has 1 atom stereocenters. The van der Waals surface area contributed by atoms with E-state index in [1.807, 2.05) is 12.1 Å². The predicted molar refractivity (Wildman–Crippen MR) is 88.2 cm³/mol. The number of pyridine rings is 1. The predicted octanol–water partition coefficient (Wildman–Crippen LogP) is 1.68. The van der Waals surface area contributed by atoms with Crippen LogP contribution in [-0.4, -0.2) is 51.6 Å². The minimum atomic E-state index is 0.0117. The molecule has 2 fully saturated rings. The Hall–Kier alpha value is -1.83. The molecule has 2 saturated heterocycles. The number of nitrogens with zero attached hydrogens (tertiary/aromatic N) is 3. The highest BCUT2D eigenvalue weighted by atomic mass is 16.5. The molecule has 2 aromatic heterocycles. The van der Waals surface area contributed by atoms with Crippen molar-refractivity contribution in [3.63, 3.8) is 0 Å². The van der Waals surface area contributed by atoms with Gasteiger partial charge in [0.2, 0.25) is 0 Å². The van der Waals surface area contributed by atoms with Gasteiger partial charge in [-0.15, -0.1) is 0 Å². The summed E-state index contributed by atoms with van der Waals surface area (Å²) in [6.07, 6.45) is 7.58. The molecule has 128 valence electrons. The molecule has 7 nitrogen and oxygen atoms in total. The third kappa shape index (κ3) is 3.48. The molecular weight excluding hydrogens is 306 g/mol. The van der Waals surface area contributed by atoms with Gasteiger partial charge in [0.1, 0.15) is 5.82 Å². The molecule has 0 aromatic carbocycles. The number of ether oxygens (including phenoxy) is 2. The monoisotopic (exact) mass is 329 g/mol. The maximum absolute atomic E-state index is 6.09. The molecule has 0 saturated carbocycles. The first-order valence-corrected chi connectivity index (χ1v) is 8.60. The van der Waals surface area contributed by atoms with Crippen molar-refractivity contribution in [3.8, 4) is 11.4 Å². The molecule has 7 heteroatoms. The molecule has 24 heavy (non-hydrogen) atoms. The van der Waals surface area contributed by atoms with E-state index in [-0.39, 0.29) is 5.60 Å². The first-order valence-electron chi connectivity index (χ1n) is 8.60. The Morgan fingerprint density at radius 2 is 2.04 bits per heavy atom. The van der Waals surface area contributed by atoms with Crippen molar-refractivity contribution in [1.82, 2.24) is 25.5 Å². The van der Waals surface area contributed by atoms with Crippen LogP contribution in [0.15, 0.2) is 24.5 Å². The average molecular weight is 329 g/mol. The van der Waals surface area contributed by atoms with Gasteiger partial charge in [0.15, 0.2) is 5.82 Å². The van der Waals surface area contributed by atoms with Crippen LogP contribution in [0.1, 0.15) is 31.5 Å². The summed E-state index contributed by atoms with van der Waals surface area (Å²) in [4.78, 5) is 8.58. The number of rotatable bonds is 4. The van der Waals surface area contributed by atoms with Gasteiger partial charge < -0.3 is 14.8 Å². The number of hydrogen-bond donors (Lipinski definition) is 2. The summed E-state index contributed by atoms with van der Waals surface area (Å²) < 4.78 is 11.6. The van der Waals surface area contributed by atoms with Crippen molar-refractivity contribution < 1.29 is 9.47 Å². The molecule has 4 heterocycles. The first kappa shape index (κ1) is 15.7. The van der Waals surface area contributed by atoms with E-state index in [0.29, 0.717) is 18.4 Å². The molecule has 2 N–H and O–H groups in total. The highest BCUT2D eigenvalue weighted by molar-refractivity contribution is 5.52. The van der Waals surface area contributed by atoms with E-state index in [1.165, 1.54) is 0 Å². The minimum Gasteiger partial charge on any atom is -0.381 e. The molecule has 0 amide bonds. The number of aromatic amines is 1. The van der Waals surface area contributed by atoms with Gasteiger partial charge in [-0.25, -0.2) is 4.98 Å². The lowest BCUT2D eigenvalue weighted by Gasteiger charge is -2.43. The van der Waals surface area contributed by atoms with E-state index >= 15 is 0 Å². The van der Waals surface area contributed by atoms with Crippen LogP contribution in [0, 0.1) is 0 Å². The average Bonchev–Trinajstić information content (AvgIpc) is 3.11. The molecule has 0 unspecified atom stereocenters. The summed E-state index contributed by atoms with van der Waals surface area (Å²) in [6, 6.07) is 4.27. The Balaban J connectivity index is 1.34. The van der Waals surface area contributed by atoms with Crippen LogP contribution in [0.5, 0.6) is 0 Å². The van der Waals surface area contributed by atoms with Crippen LogP contribution in [0.3, 0.4) is 0 Å². The van der Waals surface area contributed by atoms with E-state index < -0.39 is 0 Å².